The van der Waals surface area contributed by atoms with E-state index in [1.807, 2.05) is 0 Å². The van der Waals surface area contributed by atoms with Crippen LogP contribution in [0.15, 0.2) is 0 Å². The lowest BCUT2D eigenvalue weighted by molar-refractivity contribution is 0.187. The molecule has 0 aromatic carbocycles. The van der Waals surface area contributed by atoms with Crippen molar-refractivity contribution in [1.82, 2.24) is 5.32 Å². The van der Waals surface area contributed by atoms with Crippen LogP contribution in [0.2, 0.25) is 0 Å². The van der Waals surface area contributed by atoms with Gasteiger partial charge in [-0.1, -0.05) is 47.0 Å². The van der Waals surface area contributed by atoms with Gasteiger partial charge in [0.25, 0.3) is 0 Å². The predicted octanol–water partition coefficient (Wildman–Crippen LogP) is 5.01. The highest BCUT2D eigenvalue weighted by Crippen LogP contribution is 2.33. The molecule has 0 aliphatic rings. The zero-order valence-corrected chi connectivity index (χ0v) is 13.3. The lowest BCUT2D eigenvalue weighted by atomic mass is 9.75. The number of nitrogens with one attached hydrogen (secondary N) is 1. The molecule has 0 spiro atoms. The van der Waals surface area contributed by atoms with Gasteiger partial charge >= 0.3 is 0 Å². The minimum atomic E-state index is 0.239. The van der Waals surface area contributed by atoms with Crippen LogP contribution in [0.25, 0.3) is 0 Å². The first-order valence-corrected chi connectivity index (χ1v) is 7.51. The molecule has 1 N–H and O–H groups in total. The molecule has 0 rings (SSSR count). The molecular weight excluding hydrogens is 206 g/mol. The van der Waals surface area contributed by atoms with E-state index in [-0.39, 0.29) is 5.54 Å². The first-order chi connectivity index (χ1) is 7.76. The largest absolute Gasteiger partial charge is 0.312 e. The highest BCUT2D eigenvalue weighted by atomic mass is 15.0. The third kappa shape index (κ3) is 7.81. The SMILES string of the molecule is CCCC(C)(CNC(C)(C)C)CC(CC)CC. The molecule has 0 amide bonds. The molecule has 0 fully saturated rings. The standard InChI is InChI=1S/C16H35N/c1-8-11-16(7,12-14(9-2)10-3)13-17-15(4,5)6/h14,17H,8-13H2,1-7H3. The van der Waals surface area contributed by atoms with Crippen molar-refractivity contribution in [1.29, 1.82) is 0 Å². The van der Waals surface area contributed by atoms with E-state index in [2.05, 4.69) is 53.8 Å². The highest BCUT2D eigenvalue weighted by molar-refractivity contribution is 4.83. The number of hydrogen-bond acceptors (Lipinski definition) is 1. The summed E-state index contributed by atoms with van der Waals surface area (Å²) in [6, 6.07) is 0. The summed E-state index contributed by atoms with van der Waals surface area (Å²) in [7, 11) is 0. The quantitative estimate of drug-likeness (QED) is 0.630. The van der Waals surface area contributed by atoms with E-state index in [0.717, 1.165) is 12.5 Å². The maximum absolute atomic E-state index is 3.70. The average molecular weight is 241 g/mol. The Morgan fingerprint density at radius 3 is 1.82 bits per heavy atom. The van der Waals surface area contributed by atoms with Crippen molar-refractivity contribution in [3.63, 3.8) is 0 Å². The molecule has 1 heteroatoms. The van der Waals surface area contributed by atoms with E-state index < -0.39 is 0 Å². The lowest BCUT2D eigenvalue weighted by Gasteiger charge is -2.36. The summed E-state index contributed by atoms with van der Waals surface area (Å²) in [6.07, 6.45) is 6.66. The monoisotopic (exact) mass is 241 g/mol. The molecule has 0 aromatic heterocycles. The number of hydrogen-bond donors (Lipinski definition) is 1. The van der Waals surface area contributed by atoms with Crippen LogP contribution in [0.1, 0.15) is 80.6 Å². The molecule has 1 unspecified atom stereocenters. The molecular formula is C16H35N. The first-order valence-electron chi connectivity index (χ1n) is 7.51. The Labute approximate surface area is 110 Å². The summed E-state index contributed by atoms with van der Waals surface area (Å²) in [5.74, 6) is 0.897. The zero-order valence-electron chi connectivity index (χ0n) is 13.3. The molecule has 0 aromatic rings. The Bertz CT molecular complexity index is 188. The normalized spacial score (nSPS) is 16.2. The van der Waals surface area contributed by atoms with E-state index in [0.29, 0.717) is 5.41 Å². The van der Waals surface area contributed by atoms with Gasteiger partial charge in [0.15, 0.2) is 0 Å². The van der Waals surface area contributed by atoms with Gasteiger partial charge in [-0.3, -0.25) is 0 Å². The smallest absolute Gasteiger partial charge is 0.00967 e. The predicted molar refractivity (Wildman–Crippen MR) is 79.5 cm³/mol. The van der Waals surface area contributed by atoms with Gasteiger partial charge < -0.3 is 5.32 Å². The second kappa shape index (κ2) is 7.41. The van der Waals surface area contributed by atoms with Gasteiger partial charge in [-0.05, 0) is 44.9 Å². The summed E-state index contributed by atoms with van der Waals surface area (Å²) in [5, 5.41) is 3.70. The fourth-order valence-electron chi connectivity index (χ4n) is 2.62. The van der Waals surface area contributed by atoms with Crippen molar-refractivity contribution in [2.75, 3.05) is 6.54 Å². The molecule has 0 bridgehead atoms. The van der Waals surface area contributed by atoms with E-state index in [9.17, 15) is 0 Å². The van der Waals surface area contributed by atoms with Gasteiger partial charge in [0, 0.05) is 12.1 Å². The molecule has 0 saturated carbocycles. The van der Waals surface area contributed by atoms with Crippen LogP contribution < -0.4 is 5.32 Å². The van der Waals surface area contributed by atoms with Gasteiger partial charge in [0.05, 0.1) is 0 Å². The van der Waals surface area contributed by atoms with Crippen molar-refractivity contribution in [2.24, 2.45) is 11.3 Å². The highest BCUT2D eigenvalue weighted by Gasteiger charge is 2.27. The summed E-state index contributed by atoms with van der Waals surface area (Å²) in [6.45, 7) is 17.4. The topological polar surface area (TPSA) is 12.0 Å². The first kappa shape index (κ1) is 17.0. The minimum Gasteiger partial charge on any atom is -0.312 e. The van der Waals surface area contributed by atoms with Gasteiger partial charge in [0.2, 0.25) is 0 Å². The van der Waals surface area contributed by atoms with Crippen molar-refractivity contribution >= 4 is 0 Å². The molecule has 1 nitrogen and oxygen atoms in total. The van der Waals surface area contributed by atoms with Crippen LogP contribution >= 0.6 is 0 Å². The Morgan fingerprint density at radius 1 is 0.941 bits per heavy atom. The maximum Gasteiger partial charge on any atom is 0.00967 e. The number of rotatable bonds is 8. The fourth-order valence-corrected chi connectivity index (χ4v) is 2.62. The molecule has 0 radical (unpaired) electrons. The zero-order chi connectivity index (χ0) is 13.5. The van der Waals surface area contributed by atoms with Crippen LogP contribution in [0, 0.1) is 11.3 Å². The van der Waals surface area contributed by atoms with E-state index >= 15 is 0 Å². The second-order valence-electron chi connectivity index (χ2n) is 7.05. The average Bonchev–Trinajstić information content (AvgIpc) is 2.23. The summed E-state index contributed by atoms with van der Waals surface area (Å²) in [5.41, 5.74) is 0.710. The minimum absolute atomic E-state index is 0.239. The van der Waals surface area contributed by atoms with E-state index in [4.69, 9.17) is 0 Å². The van der Waals surface area contributed by atoms with Crippen LogP contribution in [-0.4, -0.2) is 12.1 Å². The second-order valence-corrected chi connectivity index (χ2v) is 7.05. The summed E-state index contributed by atoms with van der Waals surface area (Å²) < 4.78 is 0. The fraction of sp³-hybridized carbons (Fsp3) is 1.00. The summed E-state index contributed by atoms with van der Waals surface area (Å²) >= 11 is 0. The molecule has 104 valence electrons. The summed E-state index contributed by atoms with van der Waals surface area (Å²) in [4.78, 5) is 0. The molecule has 0 aliphatic heterocycles. The lowest BCUT2D eigenvalue weighted by Crippen LogP contribution is -2.43. The van der Waals surface area contributed by atoms with Crippen molar-refractivity contribution < 1.29 is 0 Å². The van der Waals surface area contributed by atoms with Crippen LogP contribution in [0.4, 0.5) is 0 Å². The Kier molecular flexibility index (Phi) is 7.39. The van der Waals surface area contributed by atoms with Gasteiger partial charge in [-0.15, -0.1) is 0 Å². The maximum atomic E-state index is 3.70. The molecule has 0 heterocycles. The van der Waals surface area contributed by atoms with Crippen LogP contribution in [0.3, 0.4) is 0 Å². The Morgan fingerprint density at radius 2 is 1.47 bits per heavy atom. The third-order valence-electron chi connectivity index (χ3n) is 3.84. The van der Waals surface area contributed by atoms with Gasteiger partial charge in [-0.25, -0.2) is 0 Å². The molecule has 0 aliphatic carbocycles. The van der Waals surface area contributed by atoms with Crippen molar-refractivity contribution in [3.05, 3.63) is 0 Å². The van der Waals surface area contributed by atoms with Crippen LogP contribution in [0.5, 0.6) is 0 Å². The van der Waals surface area contributed by atoms with Gasteiger partial charge in [-0.2, -0.15) is 0 Å². The van der Waals surface area contributed by atoms with E-state index in [1.54, 1.807) is 0 Å². The Balaban J connectivity index is 4.43. The van der Waals surface area contributed by atoms with Crippen molar-refractivity contribution in [3.8, 4) is 0 Å². The molecule has 1 atom stereocenters. The third-order valence-corrected chi connectivity index (χ3v) is 3.84. The van der Waals surface area contributed by atoms with E-state index in [1.165, 1.54) is 32.1 Å². The Hall–Kier alpha value is -0.0400. The van der Waals surface area contributed by atoms with Crippen molar-refractivity contribution in [2.45, 2.75) is 86.1 Å². The molecule has 17 heavy (non-hydrogen) atoms. The molecule has 0 saturated heterocycles. The van der Waals surface area contributed by atoms with Crippen LogP contribution in [-0.2, 0) is 0 Å². The van der Waals surface area contributed by atoms with Gasteiger partial charge in [0.1, 0.15) is 0 Å².